The summed E-state index contributed by atoms with van der Waals surface area (Å²) >= 11 is 13.8. The largest absolute Gasteiger partial charge is 0.491 e. The first-order chi connectivity index (χ1) is 14.3. The molecule has 0 unspecified atom stereocenters. The van der Waals surface area contributed by atoms with Gasteiger partial charge in [0.25, 0.3) is 5.91 Å². The zero-order chi connectivity index (χ0) is 21.8. The summed E-state index contributed by atoms with van der Waals surface area (Å²) in [7, 11) is 0. The standard InChI is InChI=1S/C21H20Cl2N2O4S/c1-4-28-17(26)11-25-19-16(10-9-15(22)18(19)23)30-21(25)24-20(27)13-5-7-14(8-6-13)29-12(2)3/h5-10,12H,4,11H2,1-3H3. The second-order valence-electron chi connectivity index (χ2n) is 6.59. The van der Waals surface area contributed by atoms with Gasteiger partial charge in [0.15, 0.2) is 4.80 Å². The van der Waals surface area contributed by atoms with E-state index in [1.807, 2.05) is 13.8 Å². The van der Waals surface area contributed by atoms with Crippen LogP contribution in [0, 0.1) is 0 Å². The molecule has 0 bridgehead atoms. The van der Waals surface area contributed by atoms with Crippen molar-refractivity contribution < 1.29 is 19.1 Å². The van der Waals surface area contributed by atoms with Crippen LogP contribution in [0.15, 0.2) is 41.4 Å². The van der Waals surface area contributed by atoms with Crippen molar-refractivity contribution >= 4 is 56.6 Å². The SMILES string of the molecule is CCOC(=O)Cn1c(=NC(=O)c2ccc(OC(C)C)cc2)sc2ccc(Cl)c(Cl)c21. The van der Waals surface area contributed by atoms with Gasteiger partial charge in [-0.15, -0.1) is 0 Å². The summed E-state index contributed by atoms with van der Waals surface area (Å²) < 4.78 is 13.0. The second kappa shape index (κ2) is 9.64. The molecule has 9 heteroatoms. The minimum absolute atomic E-state index is 0.0354. The van der Waals surface area contributed by atoms with Crippen molar-refractivity contribution in [3.63, 3.8) is 0 Å². The maximum Gasteiger partial charge on any atom is 0.326 e. The number of carbonyl (C=O) groups is 2. The molecule has 0 saturated carbocycles. The molecule has 0 saturated heterocycles. The molecule has 158 valence electrons. The van der Waals surface area contributed by atoms with Crippen LogP contribution in [-0.4, -0.2) is 29.2 Å². The van der Waals surface area contributed by atoms with Crippen molar-refractivity contribution in [3.05, 3.63) is 56.8 Å². The summed E-state index contributed by atoms with van der Waals surface area (Å²) in [6.45, 7) is 5.68. The van der Waals surface area contributed by atoms with Gasteiger partial charge in [-0.1, -0.05) is 34.5 Å². The van der Waals surface area contributed by atoms with Gasteiger partial charge in [0.05, 0.1) is 33.0 Å². The van der Waals surface area contributed by atoms with Crippen LogP contribution >= 0.6 is 34.5 Å². The van der Waals surface area contributed by atoms with E-state index in [4.69, 9.17) is 32.7 Å². The fraction of sp³-hybridized carbons (Fsp3) is 0.286. The lowest BCUT2D eigenvalue weighted by molar-refractivity contribution is -0.143. The predicted octanol–water partition coefficient (Wildman–Crippen LogP) is 5.10. The molecular weight excluding hydrogens is 447 g/mol. The molecule has 1 heterocycles. The van der Waals surface area contributed by atoms with Gasteiger partial charge in [-0.25, -0.2) is 0 Å². The zero-order valence-electron chi connectivity index (χ0n) is 16.6. The molecule has 1 aromatic heterocycles. The van der Waals surface area contributed by atoms with Crippen LogP contribution in [0.1, 0.15) is 31.1 Å². The maximum atomic E-state index is 12.8. The number of ether oxygens (including phenoxy) is 2. The van der Waals surface area contributed by atoms with Crippen LogP contribution in [0.2, 0.25) is 10.0 Å². The number of nitrogens with zero attached hydrogens (tertiary/aromatic N) is 2. The molecule has 1 amide bonds. The van der Waals surface area contributed by atoms with Crippen molar-refractivity contribution in [2.24, 2.45) is 4.99 Å². The number of halogens is 2. The highest BCUT2D eigenvalue weighted by Gasteiger charge is 2.17. The van der Waals surface area contributed by atoms with E-state index in [2.05, 4.69) is 4.99 Å². The molecule has 0 aliphatic heterocycles. The average molecular weight is 467 g/mol. The van der Waals surface area contributed by atoms with E-state index in [1.165, 1.54) is 11.3 Å². The molecular formula is C21H20Cl2N2O4S. The molecule has 0 atom stereocenters. The quantitative estimate of drug-likeness (QED) is 0.473. The van der Waals surface area contributed by atoms with E-state index in [0.717, 1.165) is 4.70 Å². The van der Waals surface area contributed by atoms with Gasteiger partial charge in [0.2, 0.25) is 0 Å². The Kier molecular flexibility index (Phi) is 7.18. The number of esters is 1. The topological polar surface area (TPSA) is 69.9 Å². The first kappa shape index (κ1) is 22.3. The van der Waals surface area contributed by atoms with E-state index in [1.54, 1.807) is 47.9 Å². The molecule has 30 heavy (non-hydrogen) atoms. The van der Waals surface area contributed by atoms with Gasteiger partial charge in [-0.2, -0.15) is 4.99 Å². The third kappa shape index (κ3) is 5.03. The van der Waals surface area contributed by atoms with Gasteiger partial charge in [-0.05, 0) is 57.2 Å². The van der Waals surface area contributed by atoms with E-state index >= 15 is 0 Å². The minimum Gasteiger partial charge on any atom is -0.491 e. The molecule has 0 fully saturated rings. The Hall–Kier alpha value is -2.35. The summed E-state index contributed by atoms with van der Waals surface area (Å²) in [4.78, 5) is 29.4. The van der Waals surface area contributed by atoms with Gasteiger partial charge < -0.3 is 14.0 Å². The van der Waals surface area contributed by atoms with Crippen LogP contribution in [0.25, 0.3) is 10.2 Å². The Bertz CT molecular complexity index is 1150. The Morgan fingerprint density at radius 2 is 1.83 bits per heavy atom. The van der Waals surface area contributed by atoms with Crippen LogP contribution in [0.5, 0.6) is 5.75 Å². The van der Waals surface area contributed by atoms with E-state index in [-0.39, 0.29) is 19.3 Å². The Labute approximate surface area is 187 Å². The lowest BCUT2D eigenvalue weighted by atomic mass is 10.2. The van der Waals surface area contributed by atoms with Crippen LogP contribution in [-0.2, 0) is 16.1 Å². The highest BCUT2D eigenvalue weighted by molar-refractivity contribution is 7.16. The molecule has 0 aliphatic carbocycles. The first-order valence-electron chi connectivity index (χ1n) is 9.29. The molecule has 6 nitrogen and oxygen atoms in total. The minimum atomic E-state index is -0.461. The number of rotatable bonds is 6. The van der Waals surface area contributed by atoms with E-state index in [9.17, 15) is 9.59 Å². The maximum absolute atomic E-state index is 12.8. The van der Waals surface area contributed by atoms with Gasteiger partial charge in [0.1, 0.15) is 12.3 Å². The zero-order valence-corrected chi connectivity index (χ0v) is 19.0. The Morgan fingerprint density at radius 1 is 1.13 bits per heavy atom. The van der Waals surface area contributed by atoms with Crippen molar-refractivity contribution in [1.82, 2.24) is 4.57 Å². The number of thiazole rings is 1. The lowest BCUT2D eigenvalue weighted by Crippen LogP contribution is -2.23. The summed E-state index contributed by atoms with van der Waals surface area (Å²) in [5.74, 6) is -0.239. The number of aromatic nitrogens is 1. The van der Waals surface area contributed by atoms with E-state index < -0.39 is 11.9 Å². The molecule has 3 rings (SSSR count). The van der Waals surface area contributed by atoms with Crippen molar-refractivity contribution in [2.45, 2.75) is 33.4 Å². The molecule has 0 spiro atoms. The van der Waals surface area contributed by atoms with Crippen molar-refractivity contribution in [3.8, 4) is 5.75 Å². The van der Waals surface area contributed by atoms with Crippen molar-refractivity contribution in [2.75, 3.05) is 6.61 Å². The summed E-state index contributed by atoms with van der Waals surface area (Å²) in [5, 5.41) is 0.636. The van der Waals surface area contributed by atoms with Crippen LogP contribution in [0.4, 0.5) is 0 Å². The number of hydrogen-bond donors (Lipinski definition) is 0. The lowest BCUT2D eigenvalue weighted by Gasteiger charge is -2.09. The number of carbonyl (C=O) groups excluding carboxylic acids is 2. The molecule has 0 N–H and O–H groups in total. The summed E-state index contributed by atoms with van der Waals surface area (Å²) in [6, 6.07) is 10.2. The van der Waals surface area contributed by atoms with Crippen LogP contribution in [0.3, 0.4) is 0 Å². The summed E-state index contributed by atoms with van der Waals surface area (Å²) in [5.41, 5.74) is 0.935. The predicted molar refractivity (Wildman–Crippen MR) is 119 cm³/mol. The first-order valence-corrected chi connectivity index (χ1v) is 10.9. The number of hydrogen-bond acceptors (Lipinski definition) is 5. The molecule has 2 aromatic carbocycles. The third-order valence-corrected chi connectivity index (χ3v) is 5.83. The molecule has 0 radical (unpaired) electrons. The number of amides is 1. The highest BCUT2D eigenvalue weighted by Crippen LogP contribution is 2.32. The Balaban J connectivity index is 2.05. The van der Waals surface area contributed by atoms with Crippen LogP contribution < -0.4 is 9.54 Å². The van der Waals surface area contributed by atoms with Gasteiger partial charge >= 0.3 is 5.97 Å². The van der Waals surface area contributed by atoms with Gasteiger partial charge in [-0.3, -0.25) is 9.59 Å². The van der Waals surface area contributed by atoms with E-state index in [0.29, 0.717) is 31.7 Å². The molecule has 0 aliphatic rings. The second-order valence-corrected chi connectivity index (χ2v) is 8.39. The fourth-order valence-corrected chi connectivity index (χ4v) is 4.28. The average Bonchev–Trinajstić information content (AvgIpc) is 3.02. The third-order valence-electron chi connectivity index (χ3n) is 4.00. The number of fused-ring (bicyclic) bond motifs is 1. The smallest absolute Gasteiger partial charge is 0.326 e. The Morgan fingerprint density at radius 3 is 2.47 bits per heavy atom. The number of benzene rings is 2. The summed E-state index contributed by atoms with van der Waals surface area (Å²) in [6.07, 6.45) is 0.0354. The normalized spacial score (nSPS) is 11.9. The monoisotopic (exact) mass is 466 g/mol. The highest BCUT2D eigenvalue weighted by atomic mass is 35.5. The molecule has 3 aromatic rings. The van der Waals surface area contributed by atoms with Gasteiger partial charge in [0, 0.05) is 5.56 Å². The van der Waals surface area contributed by atoms with Crippen molar-refractivity contribution in [1.29, 1.82) is 0 Å². The fourth-order valence-electron chi connectivity index (χ4n) is 2.77.